The van der Waals surface area contributed by atoms with E-state index in [0.29, 0.717) is 43.7 Å². The molecule has 0 aliphatic rings. The van der Waals surface area contributed by atoms with Crippen LogP contribution in [0.1, 0.15) is 0 Å². The number of nitrogens with one attached hydrogen (secondary N) is 3. The van der Waals surface area contributed by atoms with E-state index in [2.05, 4.69) is 30.4 Å². The van der Waals surface area contributed by atoms with Gasteiger partial charge in [0, 0.05) is 16.8 Å². The molecule has 19 heteroatoms. The van der Waals surface area contributed by atoms with Crippen LogP contribution in [0.4, 0.5) is 14.5 Å². The number of imidazole rings is 1. The van der Waals surface area contributed by atoms with E-state index in [-0.39, 0.29) is 43.7 Å². The third-order valence-corrected chi connectivity index (χ3v) is 7.64. The van der Waals surface area contributed by atoms with Gasteiger partial charge in [0.1, 0.15) is 23.5 Å². The Kier molecular flexibility index (Phi) is 9.47. The molecule has 4 aromatic carbocycles. The number of hydrogen-bond acceptors (Lipinski definition) is 7. The molecule has 0 aliphatic carbocycles. The summed E-state index contributed by atoms with van der Waals surface area (Å²) < 4.78 is 30.0. The van der Waals surface area contributed by atoms with Crippen LogP contribution >= 0.6 is 17.8 Å². The molecule has 242 valence electrons. The maximum atomic E-state index is 14.2. The molecule has 48 heavy (non-hydrogen) atoms. The SMILES string of the molecule is O.O.O=c1c2c(F)ccc([N+](=O)[O-])c2[nH]c2ccc3[nH]ncc3c12.O=c1c2c(F)ccc3ncn(c4ccc5[nH]ncc5c14)c32.[Cl][Sn][Cl]. The molecule has 0 atom stereocenters. The molecule has 0 unspecified atom stereocenters. The number of pyridine rings is 2. The first-order valence-electron chi connectivity index (χ1n) is 13.1. The summed E-state index contributed by atoms with van der Waals surface area (Å²) in [6, 6.07) is 11.8. The Balaban J connectivity index is 0.000000167. The number of nitrogens with zero attached hydrogens (tertiary/aromatic N) is 5. The average Bonchev–Trinajstić information content (AvgIpc) is 3.80. The van der Waals surface area contributed by atoms with E-state index < -0.39 is 40.9 Å². The number of aromatic amines is 3. The second-order valence-electron chi connectivity index (χ2n) is 9.94. The van der Waals surface area contributed by atoms with Gasteiger partial charge >= 0.3 is 36.7 Å². The topological polar surface area (TPSA) is 231 Å². The van der Waals surface area contributed by atoms with E-state index in [1.54, 1.807) is 35.1 Å². The predicted octanol–water partition coefficient (Wildman–Crippen LogP) is 4.41. The van der Waals surface area contributed by atoms with E-state index >= 15 is 0 Å². The van der Waals surface area contributed by atoms with Crippen LogP contribution < -0.4 is 10.9 Å². The first-order chi connectivity index (χ1) is 22.2. The Morgan fingerprint density at radius 2 is 1.33 bits per heavy atom. The number of fused-ring (bicyclic) bond motifs is 8. The van der Waals surface area contributed by atoms with Crippen molar-refractivity contribution in [3.63, 3.8) is 0 Å². The van der Waals surface area contributed by atoms with Gasteiger partial charge in [0.2, 0.25) is 10.9 Å². The van der Waals surface area contributed by atoms with Crippen LogP contribution in [0.15, 0.2) is 76.8 Å². The zero-order valence-electron chi connectivity index (χ0n) is 23.7. The molecule has 7 N–H and O–H groups in total. The summed E-state index contributed by atoms with van der Waals surface area (Å²) in [5.74, 6) is -1.33. The number of hydrogen-bond donors (Lipinski definition) is 3. The summed E-state index contributed by atoms with van der Waals surface area (Å²) >= 11 is -0.826. The van der Waals surface area contributed by atoms with Crippen LogP contribution in [0.25, 0.3) is 70.9 Å². The van der Waals surface area contributed by atoms with Gasteiger partial charge in [0.25, 0.3) is 5.69 Å². The molecule has 5 heterocycles. The van der Waals surface area contributed by atoms with Crippen molar-refractivity contribution in [3.05, 3.63) is 109 Å². The third-order valence-electron chi connectivity index (χ3n) is 7.64. The minimum absolute atomic E-state index is 0. The number of non-ortho nitro benzene ring substituents is 1. The zero-order chi connectivity index (χ0) is 32.3. The summed E-state index contributed by atoms with van der Waals surface area (Å²) in [5, 5.41) is 26.1. The fourth-order valence-electron chi connectivity index (χ4n) is 5.74. The van der Waals surface area contributed by atoms with Crippen LogP contribution in [0.5, 0.6) is 0 Å². The average molecular weight is 802 g/mol. The number of H-pyrrole nitrogens is 3. The Bertz CT molecular complexity index is 2790. The van der Waals surface area contributed by atoms with Gasteiger partial charge in [-0.05, 0) is 42.5 Å². The van der Waals surface area contributed by atoms with Gasteiger partial charge in [-0.2, -0.15) is 10.2 Å². The maximum absolute atomic E-state index is 14.2. The Morgan fingerprint density at radius 1 is 0.771 bits per heavy atom. The number of nitro benzene ring substituents is 1. The minimum atomic E-state index is -0.826. The van der Waals surface area contributed by atoms with Crippen molar-refractivity contribution in [2.24, 2.45) is 0 Å². The van der Waals surface area contributed by atoms with Gasteiger partial charge in [-0.3, -0.25) is 34.3 Å². The molecule has 2 radical (unpaired) electrons. The van der Waals surface area contributed by atoms with Gasteiger partial charge in [0.15, 0.2) is 0 Å². The molecule has 9 aromatic rings. The van der Waals surface area contributed by atoms with Gasteiger partial charge in [-0.15, -0.1) is 0 Å². The summed E-state index contributed by atoms with van der Waals surface area (Å²) in [4.78, 5) is 43.0. The predicted molar refractivity (Wildman–Crippen MR) is 180 cm³/mol. The number of nitro groups is 1. The molecule has 0 amide bonds. The molecule has 0 bridgehead atoms. The third kappa shape index (κ3) is 5.23. The van der Waals surface area contributed by atoms with Gasteiger partial charge < -0.3 is 15.9 Å². The summed E-state index contributed by atoms with van der Waals surface area (Å²) in [6.07, 6.45) is 4.67. The van der Waals surface area contributed by atoms with Gasteiger partial charge in [0.05, 0.1) is 72.0 Å². The first kappa shape index (κ1) is 34.3. The number of benzene rings is 4. The van der Waals surface area contributed by atoms with Crippen LogP contribution in [0, 0.1) is 21.7 Å². The molecule has 5 aromatic heterocycles. The number of aromatic nitrogens is 7. The Morgan fingerprint density at radius 3 is 2.00 bits per heavy atom. The molecular weight excluding hydrogens is 784 g/mol. The number of halogens is 4. The molecule has 0 saturated heterocycles. The standard InChI is InChI=1S/C15H7FN4O.C14H7FN4O3.2ClH.2H2O.Sn/c16-8-1-2-10-14-13(8)15(21)12-7-5-18-19-9(7)3-4-11(12)20(14)6-17-10;15-7-1-4-10(19(21)22)13-12(7)14(20)11-6-5-16-18-8(6)2-3-9(11)17-13;;;;;/h1-6H,(H,18,19);1-5H,(H,16,18)(H,17,20);2*1H;2*1H2;/q;;;;;;+2/p-2. The van der Waals surface area contributed by atoms with Crippen LogP contribution in [-0.2, 0) is 0 Å². The Hall–Kier alpha value is -5.01. The van der Waals surface area contributed by atoms with Crippen molar-refractivity contribution < 1.29 is 24.7 Å². The zero-order valence-corrected chi connectivity index (χ0v) is 28.1. The van der Waals surface area contributed by atoms with Crippen LogP contribution in [0.3, 0.4) is 0 Å². The van der Waals surface area contributed by atoms with E-state index in [1.165, 1.54) is 12.3 Å². The van der Waals surface area contributed by atoms with Crippen LogP contribution in [-0.4, -0.2) is 69.5 Å². The second kappa shape index (κ2) is 13.2. The molecular formula is C29H18Cl2F2N8O6Sn. The van der Waals surface area contributed by atoms with Gasteiger partial charge in [-0.1, -0.05) is 0 Å². The summed E-state index contributed by atoms with van der Waals surface area (Å²) in [7, 11) is 9.87. The molecule has 0 fully saturated rings. The molecule has 0 saturated carbocycles. The second-order valence-corrected chi connectivity index (χ2v) is 14.2. The normalized spacial score (nSPS) is 11.0. The summed E-state index contributed by atoms with van der Waals surface area (Å²) in [5.41, 5.74) is 2.21. The van der Waals surface area contributed by atoms with E-state index in [0.717, 1.165) is 17.6 Å². The number of rotatable bonds is 1. The molecule has 0 aliphatic heterocycles. The monoisotopic (exact) mass is 802 g/mol. The Labute approximate surface area is 281 Å². The van der Waals surface area contributed by atoms with E-state index in [4.69, 9.17) is 17.8 Å². The quantitative estimate of drug-likeness (QED) is 0.0936. The van der Waals surface area contributed by atoms with Crippen molar-refractivity contribution >= 4 is 113 Å². The van der Waals surface area contributed by atoms with Crippen molar-refractivity contribution in [3.8, 4) is 0 Å². The van der Waals surface area contributed by atoms with E-state index in [9.17, 15) is 28.5 Å². The van der Waals surface area contributed by atoms with Gasteiger partial charge in [-0.25, -0.2) is 13.8 Å². The fourth-order valence-corrected chi connectivity index (χ4v) is 5.74. The van der Waals surface area contributed by atoms with Crippen molar-refractivity contribution in [1.82, 2.24) is 34.8 Å². The first-order valence-corrected chi connectivity index (χ1v) is 20.4. The molecule has 0 spiro atoms. The van der Waals surface area contributed by atoms with E-state index in [1.807, 2.05) is 12.1 Å². The van der Waals surface area contributed by atoms with Crippen molar-refractivity contribution in [2.45, 2.75) is 0 Å². The fraction of sp³-hybridized carbons (Fsp3) is 0. The molecule has 14 nitrogen and oxygen atoms in total. The van der Waals surface area contributed by atoms with Crippen molar-refractivity contribution in [1.29, 1.82) is 0 Å². The van der Waals surface area contributed by atoms with Crippen LogP contribution in [0.2, 0.25) is 0 Å². The summed E-state index contributed by atoms with van der Waals surface area (Å²) in [6.45, 7) is 0. The van der Waals surface area contributed by atoms with Crippen molar-refractivity contribution in [2.75, 3.05) is 0 Å². The molecule has 9 rings (SSSR count).